The molecule has 13 heavy (non-hydrogen) atoms. The third-order valence-corrected chi connectivity index (χ3v) is 2.70. The highest BCUT2D eigenvalue weighted by Gasteiger charge is 2.29. The molecule has 1 aliphatic heterocycles. The van der Waals surface area contributed by atoms with Crippen LogP contribution < -0.4 is 17.0 Å². The van der Waals surface area contributed by atoms with Gasteiger partial charge in [-0.3, -0.25) is 9.59 Å². The van der Waals surface area contributed by atoms with Crippen molar-refractivity contribution in [2.45, 2.75) is 19.8 Å². The minimum Gasteiger partial charge on any atom is -1.00 e. The maximum absolute atomic E-state index is 11.2. The summed E-state index contributed by atoms with van der Waals surface area (Å²) in [5.74, 6) is 0.200. The van der Waals surface area contributed by atoms with Gasteiger partial charge in [-0.05, 0) is 6.42 Å². The van der Waals surface area contributed by atoms with Crippen LogP contribution in [0.4, 0.5) is 0 Å². The Kier molecular flexibility index (Phi) is 6.41. The van der Waals surface area contributed by atoms with Gasteiger partial charge in [0.2, 0.25) is 0 Å². The van der Waals surface area contributed by atoms with Gasteiger partial charge in [0.25, 0.3) is 0 Å². The standard InChI is InChI=1S/C8H12O3S.BrH/c1-2-3-11-8(10)6-4-7(9)12-5-6;/h6H,2-5H2,1H3;1H/p-1/t6-;/m0./s1. The Morgan fingerprint density at radius 3 is 2.85 bits per heavy atom. The van der Waals surface area contributed by atoms with E-state index < -0.39 is 0 Å². The van der Waals surface area contributed by atoms with Crippen molar-refractivity contribution in [3.63, 3.8) is 0 Å². The second-order valence-corrected chi connectivity index (χ2v) is 3.83. The van der Waals surface area contributed by atoms with Crippen LogP contribution >= 0.6 is 11.8 Å². The molecule has 1 fully saturated rings. The zero-order valence-corrected chi connectivity index (χ0v) is 9.82. The number of hydrogen-bond donors (Lipinski definition) is 0. The Morgan fingerprint density at radius 2 is 2.38 bits per heavy atom. The molecule has 76 valence electrons. The summed E-state index contributed by atoms with van der Waals surface area (Å²) in [6.45, 7) is 2.41. The second-order valence-electron chi connectivity index (χ2n) is 2.75. The van der Waals surface area contributed by atoms with Crippen LogP contribution in [-0.4, -0.2) is 23.4 Å². The minimum absolute atomic E-state index is 0. The molecule has 3 nitrogen and oxygen atoms in total. The molecule has 0 radical (unpaired) electrons. The summed E-state index contributed by atoms with van der Waals surface area (Å²) in [5, 5.41) is 0.105. The molecule has 0 aliphatic carbocycles. The average Bonchev–Trinajstić information content (AvgIpc) is 2.47. The van der Waals surface area contributed by atoms with Crippen LogP contribution in [0.1, 0.15) is 19.8 Å². The molecule has 1 atom stereocenters. The topological polar surface area (TPSA) is 43.4 Å². The molecular formula is C8H12BrO3S-. The van der Waals surface area contributed by atoms with Crippen LogP contribution in [0.3, 0.4) is 0 Å². The molecule has 0 aromatic carbocycles. The van der Waals surface area contributed by atoms with E-state index in [0.29, 0.717) is 18.8 Å². The second kappa shape index (κ2) is 6.43. The Morgan fingerprint density at radius 1 is 1.69 bits per heavy atom. The van der Waals surface area contributed by atoms with E-state index in [-0.39, 0.29) is 34.0 Å². The Balaban J connectivity index is 0.00000144. The molecule has 0 aromatic heterocycles. The van der Waals surface area contributed by atoms with E-state index in [2.05, 4.69) is 0 Å². The van der Waals surface area contributed by atoms with Crippen LogP contribution in [0.15, 0.2) is 0 Å². The van der Waals surface area contributed by atoms with Crippen molar-refractivity contribution < 1.29 is 31.3 Å². The van der Waals surface area contributed by atoms with Gasteiger partial charge >= 0.3 is 5.97 Å². The van der Waals surface area contributed by atoms with Crippen LogP contribution in [0.25, 0.3) is 0 Å². The van der Waals surface area contributed by atoms with Crippen molar-refractivity contribution in [3.05, 3.63) is 0 Å². The molecule has 0 saturated carbocycles. The van der Waals surface area contributed by atoms with Gasteiger partial charge in [-0.15, -0.1) is 0 Å². The summed E-state index contributed by atoms with van der Waals surface area (Å²) in [5.41, 5.74) is 0. The highest BCUT2D eigenvalue weighted by atomic mass is 79.9. The van der Waals surface area contributed by atoms with Gasteiger partial charge in [-0.1, -0.05) is 18.7 Å². The van der Waals surface area contributed by atoms with Crippen LogP contribution in [0.5, 0.6) is 0 Å². The molecule has 0 spiro atoms. The molecule has 1 rings (SSSR count). The fourth-order valence-electron chi connectivity index (χ4n) is 0.984. The van der Waals surface area contributed by atoms with E-state index in [1.54, 1.807) is 0 Å². The predicted molar refractivity (Wildman–Crippen MR) is 46.8 cm³/mol. The maximum Gasteiger partial charge on any atom is 0.310 e. The van der Waals surface area contributed by atoms with Crippen molar-refractivity contribution in [1.82, 2.24) is 0 Å². The molecule has 0 N–H and O–H groups in total. The summed E-state index contributed by atoms with van der Waals surface area (Å²) in [6.07, 6.45) is 1.19. The average molecular weight is 268 g/mol. The van der Waals surface area contributed by atoms with Gasteiger partial charge in [0.15, 0.2) is 5.12 Å². The van der Waals surface area contributed by atoms with Crippen molar-refractivity contribution in [2.75, 3.05) is 12.4 Å². The molecule has 0 unspecified atom stereocenters. The first-order valence-corrected chi connectivity index (χ1v) is 5.05. The molecule has 5 heteroatoms. The summed E-state index contributed by atoms with van der Waals surface area (Å²) in [4.78, 5) is 21.9. The zero-order valence-electron chi connectivity index (χ0n) is 7.42. The summed E-state index contributed by atoms with van der Waals surface area (Å²) in [7, 11) is 0. The molecule has 1 aliphatic rings. The van der Waals surface area contributed by atoms with E-state index in [9.17, 15) is 9.59 Å². The predicted octanol–water partition coefficient (Wildman–Crippen LogP) is -1.78. The maximum atomic E-state index is 11.2. The van der Waals surface area contributed by atoms with Gasteiger partial charge in [-0.25, -0.2) is 0 Å². The highest BCUT2D eigenvalue weighted by molar-refractivity contribution is 8.14. The van der Waals surface area contributed by atoms with Crippen LogP contribution in [-0.2, 0) is 14.3 Å². The largest absolute Gasteiger partial charge is 1.00 e. The number of thioether (sulfide) groups is 1. The van der Waals surface area contributed by atoms with Crippen molar-refractivity contribution in [3.8, 4) is 0 Å². The normalized spacial score (nSPS) is 21.0. The number of rotatable bonds is 3. The number of ether oxygens (including phenoxy) is 1. The first-order chi connectivity index (χ1) is 5.74. The monoisotopic (exact) mass is 267 g/mol. The van der Waals surface area contributed by atoms with Crippen molar-refractivity contribution in [1.29, 1.82) is 0 Å². The highest BCUT2D eigenvalue weighted by Crippen LogP contribution is 2.26. The van der Waals surface area contributed by atoms with E-state index in [1.165, 1.54) is 11.8 Å². The lowest BCUT2D eigenvalue weighted by atomic mass is 10.1. The van der Waals surface area contributed by atoms with Gasteiger partial charge in [0, 0.05) is 12.2 Å². The number of carbonyl (C=O) groups is 2. The van der Waals surface area contributed by atoms with Crippen LogP contribution in [0, 0.1) is 5.92 Å². The molecule has 0 amide bonds. The number of halogens is 1. The lowest BCUT2D eigenvalue weighted by Crippen LogP contribution is -3.00. The third kappa shape index (κ3) is 4.13. The fourth-order valence-corrected chi connectivity index (χ4v) is 1.94. The minimum atomic E-state index is -0.213. The van der Waals surface area contributed by atoms with E-state index >= 15 is 0 Å². The van der Waals surface area contributed by atoms with Crippen molar-refractivity contribution >= 4 is 22.8 Å². The van der Waals surface area contributed by atoms with Gasteiger partial charge in [0.05, 0.1) is 12.5 Å². The summed E-state index contributed by atoms with van der Waals surface area (Å²) in [6, 6.07) is 0. The number of carbonyl (C=O) groups excluding carboxylic acids is 2. The zero-order chi connectivity index (χ0) is 8.97. The smallest absolute Gasteiger partial charge is 0.310 e. The molecule has 1 saturated heterocycles. The van der Waals surface area contributed by atoms with E-state index in [0.717, 1.165) is 6.42 Å². The Hall–Kier alpha value is -0.0300. The van der Waals surface area contributed by atoms with E-state index in [4.69, 9.17) is 4.74 Å². The first-order valence-electron chi connectivity index (χ1n) is 4.06. The quantitative estimate of drug-likeness (QED) is 0.568. The number of esters is 1. The Labute approximate surface area is 92.4 Å². The molecule has 0 aromatic rings. The van der Waals surface area contributed by atoms with Gasteiger partial charge in [0.1, 0.15) is 0 Å². The summed E-state index contributed by atoms with van der Waals surface area (Å²) >= 11 is 1.23. The Bertz CT molecular complexity index is 196. The lowest BCUT2D eigenvalue weighted by Gasteiger charge is -2.06. The van der Waals surface area contributed by atoms with E-state index in [1.807, 2.05) is 6.92 Å². The van der Waals surface area contributed by atoms with Gasteiger partial charge < -0.3 is 21.7 Å². The van der Waals surface area contributed by atoms with Gasteiger partial charge in [-0.2, -0.15) is 0 Å². The molecule has 1 heterocycles. The lowest BCUT2D eigenvalue weighted by molar-refractivity contribution is -0.148. The first kappa shape index (κ1) is 13.0. The molecule has 0 bridgehead atoms. The SMILES string of the molecule is CCCOC(=O)[C@@H]1CSC(=O)C1.[Br-]. The summed E-state index contributed by atoms with van der Waals surface area (Å²) < 4.78 is 4.92. The fraction of sp³-hybridized carbons (Fsp3) is 0.750. The van der Waals surface area contributed by atoms with Crippen LogP contribution in [0.2, 0.25) is 0 Å². The van der Waals surface area contributed by atoms with Crippen molar-refractivity contribution in [2.24, 2.45) is 5.92 Å². The molecular weight excluding hydrogens is 256 g/mol. The number of hydrogen-bond acceptors (Lipinski definition) is 4. The third-order valence-electron chi connectivity index (χ3n) is 1.64.